The first-order valence-corrected chi connectivity index (χ1v) is 32.3. The number of aromatic nitrogens is 1. The van der Waals surface area contributed by atoms with E-state index in [-0.39, 0.29) is 0 Å². The number of fused-ring (bicyclic) bond motifs is 13. The summed E-state index contributed by atoms with van der Waals surface area (Å²) in [5, 5.41) is 4.85. The summed E-state index contributed by atoms with van der Waals surface area (Å²) in [6, 6.07) is 136. The Bertz CT molecular complexity index is 5420. The van der Waals surface area contributed by atoms with E-state index in [2.05, 4.69) is 394 Å². The molecule has 2 aliphatic rings. The third-order valence-corrected chi connectivity index (χ3v) is 19.3. The molecule has 0 N–H and O–H groups in total. The van der Waals surface area contributed by atoms with Gasteiger partial charge in [-0.25, -0.2) is 0 Å². The molecule has 18 rings (SSSR count). The monoisotopic (exact) mass is 1200 g/mol. The molecule has 15 aromatic carbocycles. The zero-order chi connectivity index (χ0) is 62.1. The molecule has 0 saturated carbocycles. The van der Waals surface area contributed by atoms with Gasteiger partial charge in [0.25, 0.3) is 0 Å². The summed E-state index contributed by atoms with van der Waals surface area (Å²) in [6.07, 6.45) is 0. The maximum atomic E-state index is 2.54. The van der Waals surface area contributed by atoms with Gasteiger partial charge < -0.3 is 24.2 Å². The van der Waals surface area contributed by atoms with Crippen molar-refractivity contribution in [2.75, 3.05) is 19.6 Å². The molecule has 2 heterocycles. The van der Waals surface area contributed by atoms with Crippen LogP contribution in [0.5, 0.6) is 0 Å². The molecule has 1 atom stereocenters. The maximum absolute atomic E-state index is 2.54. The van der Waals surface area contributed by atoms with Crippen molar-refractivity contribution in [1.82, 2.24) is 4.57 Å². The van der Waals surface area contributed by atoms with Gasteiger partial charge >= 0.3 is 0 Å². The summed E-state index contributed by atoms with van der Waals surface area (Å²) in [7, 11) is 0. The van der Waals surface area contributed by atoms with Gasteiger partial charge in [0.05, 0.1) is 22.1 Å². The molecule has 0 radical (unpaired) electrons. The first-order valence-electron chi connectivity index (χ1n) is 32.3. The zero-order valence-electron chi connectivity index (χ0n) is 51.5. The van der Waals surface area contributed by atoms with Crippen LogP contribution in [0.1, 0.15) is 22.3 Å². The average Bonchev–Trinajstić information content (AvgIpc) is 1.47. The van der Waals surface area contributed by atoms with E-state index in [4.69, 9.17) is 0 Å². The second kappa shape index (κ2) is 22.5. The van der Waals surface area contributed by atoms with Crippen LogP contribution in [0.15, 0.2) is 370 Å². The molecule has 1 aliphatic carbocycles. The van der Waals surface area contributed by atoms with Crippen LogP contribution in [0, 0.1) is 0 Å². The third kappa shape index (κ3) is 8.85. The Balaban J connectivity index is 0.866. The zero-order valence-corrected chi connectivity index (χ0v) is 51.5. The van der Waals surface area contributed by atoms with Crippen molar-refractivity contribution in [3.05, 3.63) is 392 Å². The summed E-state index contributed by atoms with van der Waals surface area (Å²) in [5.74, 6) is 0. The first-order chi connectivity index (χ1) is 46.6. The molecule has 16 aromatic rings. The molecule has 5 nitrogen and oxygen atoms in total. The fourth-order valence-corrected chi connectivity index (χ4v) is 15.2. The lowest BCUT2D eigenvalue weighted by Crippen LogP contribution is -2.33. The lowest BCUT2D eigenvalue weighted by molar-refractivity contribution is 0.748. The molecule has 442 valence electrons. The highest BCUT2D eigenvalue weighted by Crippen LogP contribution is 2.63. The van der Waals surface area contributed by atoms with E-state index in [1.54, 1.807) is 0 Å². The van der Waals surface area contributed by atoms with Crippen LogP contribution in [0.3, 0.4) is 0 Å². The number of hydrogen-bond donors (Lipinski definition) is 0. The molecular formula is C89H61N5. The van der Waals surface area contributed by atoms with Gasteiger partial charge in [-0.15, -0.1) is 0 Å². The molecule has 1 aromatic heterocycles. The molecule has 1 unspecified atom stereocenters. The van der Waals surface area contributed by atoms with Crippen LogP contribution < -0.4 is 19.6 Å². The fourth-order valence-electron chi connectivity index (χ4n) is 15.2. The predicted molar refractivity (Wildman–Crippen MR) is 393 cm³/mol. The molecule has 0 saturated heterocycles. The van der Waals surface area contributed by atoms with Gasteiger partial charge in [-0.2, -0.15) is 0 Å². The Hall–Kier alpha value is -12.4. The van der Waals surface area contributed by atoms with Gasteiger partial charge in [0.15, 0.2) is 0 Å². The first kappa shape index (κ1) is 54.5. The highest BCUT2D eigenvalue weighted by molar-refractivity contribution is 6.13. The SMILES string of the molecule is c1ccc(-c2cccc(N(c3ccc(N(c4ccccc4)c4ccccc4)cc3)c3ccc4c(c3)C3(c5cc(N(c6ccc(N(c7ccccc7)c7ccccc7)cc6)c6ccc7ccccc7c6)ccc5-4)c4ccccc4-n4c5ccccc5c5cccc3c54)c2)cc1. The van der Waals surface area contributed by atoms with Crippen LogP contribution in [-0.2, 0) is 5.41 Å². The van der Waals surface area contributed by atoms with Crippen molar-refractivity contribution in [2.24, 2.45) is 0 Å². The van der Waals surface area contributed by atoms with Gasteiger partial charge in [-0.3, -0.25) is 0 Å². The van der Waals surface area contributed by atoms with E-state index in [0.717, 1.165) is 79.4 Å². The summed E-state index contributed by atoms with van der Waals surface area (Å²) < 4.78 is 2.54. The average molecular weight is 1200 g/mol. The number of nitrogens with zero attached hydrogens (tertiary/aromatic N) is 5. The van der Waals surface area contributed by atoms with Gasteiger partial charge in [-0.05, 0) is 213 Å². The second-order valence-electron chi connectivity index (χ2n) is 24.4. The predicted octanol–water partition coefficient (Wildman–Crippen LogP) is 24.2. The number of para-hydroxylation sites is 7. The summed E-state index contributed by atoms with van der Waals surface area (Å²) in [6.45, 7) is 0. The lowest BCUT2D eigenvalue weighted by Gasteiger charge is -2.40. The van der Waals surface area contributed by atoms with Crippen LogP contribution >= 0.6 is 0 Å². The van der Waals surface area contributed by atoms with Crippen molar-refractivity contribution in [3.8, 4) is 27.9 Å². The van der Waals surface area contributed by atoms with Crippen molar-refractivity contribution in [3.63, 3.8) is 0 Å². The molecule has 1 aliphatic heterocycles. The smallest absolute Gasteiger partial charge is 0.0756 e. The van der Waals surface area contributed by atoms with Gasteiger partial charge in [0.1, 0.15) is 0 Å². The molecular weight excluding hydrogens is 1140 g/mol. The Labute approximate surface area is 547 Å². The topological polar surface area (TPSA) is 17.9 Å². The van der Waals surface area contributed by atoms with Gasteiger partial charge in [0.2, 0.25) is 0 Å². The van der Waals surface area contributed by atoms with Crippen molar-refractivity contribution in [2.45, 2.75) is 5.41 Å². The number of hydrogen-bond acceptors (Lipinski definition) is 4. The minimum Gasteiger partial charge on any atom is -0.311 e. The number of rotatable bonds is 13. The van der Waals surface area contributed by atoms with E-state index < -0.39 is 5.41 Å². The van der Waals surface area contributed by atoms with Crippen LogP contribution in [0.2, 0.25) is 0 Å². The van der Waals surface area contributed by atoms with Crippen LogP contribution in [-0.4, -0.2) is 4.57 Å². The summed E-state index contributed by atoms with van der Waals surface area (Å²) in [5.41, 5.74) is 25.3. The van der Waals surface area contributed by atoms with Crippen molar-refractivity contribution < 1.29 is 0 Å². The third-order valence-electron chi connectivity index (χ3n) is 19.3. The quantitative estimate of drug-likeness (QED) is 0.114. The molecule has 0 amide bonds. The van der Waals surface area contributed by atoms with Crippen LogP contribution in [0.4, 0.5) is 68.2 Å². The van der Waals surface area contributed by atoms with Crippen LogP contribution in [0.25, 0.3) is 60.5 Å². The molecule has 94 heavy (non-hydrogen) atoms. The van der Waals surface area contributed by atoms with E-state index in [0.29, 0.717) is 0 Å². The molecule has 0 bridgehead atoms. The standard InChI is InChI=1S/C89H61N5/c1-6-24-62(25-7-1)65-28-22-37-74(58-65)92(72-50-46-70(47-51-72)90(66-29-8-2-9-30-66)67-31-10-3-11-32-67)76-54-56-78-79-57-55-77(61-85(79)89(84(78)60-76)82-40-19-21-43-87(82)94-86-42-20-18-38-80(86)81-39-23-41-83(89)88(81)94)93(75-45-44-63-26-16-17-27-64(63)59-75)73-52-48-71(49-53-73)91(68-33-12-4-13-34-68)69-35-14-5-15-36-69/h1-61H. The Morgan fingerprint density at radius 2 is 0.574 bits per heavy atom. The molecule has 0 fully saturated rings. The maximum Gasteiger partial charge on any atom is 0.0756 e. The van der Waals surface area contributed by atoms with E-state index >= 15 is 0 Å². The van der Waals surface area contributed by atoms with E-state index in [9.17, 15) is 0 Å². The Morgan fingerprint density at radius 1 is 0.213 bits per heavy atom. The highest BCUT2D eigenvalue weighted by Gasteiger charge is 2.51. The van der Waals surface area contributed by atoms with E-state index in [1.165, 1.54) is 71.6 Å². The fraction of sp³-hybridized carbons (Fsp3) is 0.0112. The minimum atomic E-state index is -0.796. The second-order valence-corrected chi connectivity index (χ2v) is 24.4. The normalized spacial score (nSPS) is 13.4. The lowest BCUT2D eigenvalue weighted by atomic mass is 9.65. The van der Waals surface area contributed by atoms with Gasteiger partial charge in [0, 0.05) is 79.0 Å². The molecule has 5 heteroatoms. The summed E-state index contributed by atoms with van der Waals surface area (Å²) >= 11 is 0. The Kier molecular flexibility index (Phi) is 13.0. The summed E-state index contributed by atoms with van der Waals surface area (Å²) in [4.78, 5) is 9.58. The van der Waals surface area contributed by atoms with Gasteiger partial charge in [-0.1, -0.05) is 212 Å². The van der Waals surface area contributed by atoms with E-state index in [1.807, 2.05) is 0 Å². The highest BCUT2D eigenvalue weighted by atomic mass is 15.2. The van der Waals surface area contributed by atoms with Crippen molar-refractivity contribution in [1.29, 1.82) is 0 Å². The number of benzene rings is 15. The van der Waals surface area contributed by atoms with Crippen molar-refractivity contribution >= 4 is 101 Å². The molecule has 1 spiro atoms. The Morgan fingerprint density at radius 3 is 1.13 bits per heavy atom. The minimum absolute atomic E-state index is 0.796. The number of anilines is 12. The largest absolute Gasteiger partial charge is 0.311 e.